The highest BCUT2D eigenvalue weighted by atomic mass is 32.2. The normalized spacial score (nSPS) is 10.9. The number of aryl methyl sites for hydroxylation is 1. The van der Waals surface area contributed by atoms with Crippen molar-refractivity contribution in [3.8, 4) is 0 Å². The van der Waals surface area contributed by atoms with Crippen LogP contribution < -0.4 is 5.32 Å². The highest BCUT2D eigenvalue weighted by molar-refractivity contribution is 8.01. The Morgan fingerprint density at radius 1 is 1.60 bits per heavy atom. The van der Waals surface area contributed by atoms with E-state index in [9.17, 15) is 0 Å². The first-order valence-electron chi connectivity index (χ1n) is 4.91. The molecular formula is C10H17N3S2. The summed E-state index contributed by atoms with van der Waals surface area (Å²) in [5, 5.41) is 3.34. The summed E-state index contributed by atoms with van der Waals surface area (Å²) < 4.78 is 5.16. The second-order valence-corrected chi connectivity index (χ2v) is 5.66. The SMILES string of the molecule is C=C(CNC(C)C)CSc1nc(C)ns1. The third kappa shape index (κ3) is 5.30. The van der Waals surface area contributed by atoms with Gasteiger partial charge in [-0.05, 0) is 18.5 Å². The number of hydrogen-bond acceptors (Lipinski definition) is 5. The molecule has 0 spiro atoms. The van der Waals surface area contributed by atoms with Gasteiger partial charge in [0.05, 0.1) is 0 Å². The van der Waals surface area contributed by atoms with Crippen LogP contribution in [-0.4, -0.2) is 27.7 Å². The molecule has 0 bridgehead atoms. The van der Waals surface area contributed by atoms with Crippen molar-refractivity contribution in [3.63, 3.8) is 0 Å². The van der Waals surface area contributed by atoms with Crippen LogP contribution in [0.3, 0.4) is 0 Å². The highest BCUT2D eigenvalue weighted by Gasteiger charge is 2.02. The summed E-state index contributed by atoms with van der Waals surface area (Å²) in [6.45, 7) is 11.1. The summed E-state index contributed by atoms with van der Waals surface area (Å²) >= 11 is 3.16. The molecule has 0 saturated carbocycles. The van der Waals surface area contributed by atoms with Gasteiger partial charge in [0.25, 0.3) is 0 Å². The van der Waals surface area contributed by atoms with Gasteiger partial charge in [0, 0.05) is 18.3 Å². The molecule has 15 heavy (non-hydrogen) atoms. The molecule has 1 aromatic heterocycles. The Morgan fingerprint density at radius 2 is 2.33 bits per heavy atom. The maximum absolute atomic E-state index is 4.29. The molecule has 0 atom stereocenters. The van der Waals surface area contributed by atoms with E-state index in [-0.39, 0.29) is 0 Å². The lowest BCUT2D eigenvalue weighted by Gasteiger charge is -2.09. The average Bonchev–Trinajstić information content (AvgIpc) is 2.58. The molecule has 0 aromatic carbocycles. The Labute approximate surface area is 99.6 Å². The van der Waals surface area contributed by atoms with E-state index < -0.39 is 0 Å². The zero-order valence-corrected chi connectivity index (χ0v) is 11.0. The molecule has 0 amide bonds. The maximum atomic E-state index is 4.29. The molecule has 84 valence electrons. The van der Waals surface area contributed by atoms with Crippen molar-refractivity contribution in [3.05, 3.63) is 18.0 Å². The third-order valence-electron chi connectivity index (χ3n) is 1.67. The molecule has 0 unspecified atom stereocenters. The van der Waals surface area contributed by atoms with Crippen molar-refractivity contribution < 1.29 is 0 Å². The van der Waals surface area contributed by atoms with Gasteiger partial charge in [-0.25, -0.2) is 4.98 Å². The molecule has 0 aliphatic rings. The largest absolute Gasteiger partial charge is 0.311 e. The van der Waals surface area contributed by atoms with Crippen LogP contribution in [0.25, 0.3) is 0 Å². The van der Waals surface area contributed by atoms with E-state index in [1.807, 2.05) is 6.92 Å². The topological polar surface area (TPSA) is 37.8 Å². The van der Waals surface area contributed by atoms with Crippen molar-refractivity contribution in [1.29, 1.82) is 0 Å². The summed E-state index contributed by atoms with van der Waals surface area (Å²) in [5.74, 6) is 1.77. The third-order valence-corrected chi connectivity index (χ3v) is 3.74. The first-order chi connectivity index (χ1) is 7.08. The molecule has 1 rings (SSSR count). The van der Waals surface area contributed by atoms with Gasteiger partial charge in [-0.1, -0.05) is 37.8 Å². The van der Waals surface area contributed by atoms with Crippen LogP contribution in [-0.2, 0) is 0 Å². The average molecular weight is 243 g/mol. The van der Waals surface area contributed by atoms with Gasteiger partial charge in [0.15, 0.2) is 4.34 Å². The van der Waals surface area contributed by atoms with E-state index in [4.69, 9.17) is 0 Å². The van der Waals surface area contributed by atoms with Gasteiger partial charge in [-0.2, -0.15) is 4.37 Å². The van der Waals surface area contributed by atoms with Crippen molar-refractivity contribution in [2.75, 3.05) is 12.3 Å². The molecule has 0 saturated heterocycles. The van der Waals surface area contributed by atoms with Crippen molar-refractivity contribution >= 4 is 23.3 Å². The fourth-order valence-electron chi connectivity index (χ4n) is 0.900. The number of rotatable bonds is 6. The van der Waals surface area contributed by atoms with Crippen LogP contribution in [0.2, 0.25) is 0 Å². The summed E-state index contributed by atoms with van der Waals surface area (Å²) in [6, 6.07) is 0.510. The molecule has 0 aliphatic heterocycles. The van der Waals surface area contributed by atoms with E-state index in [1.54, 1.807) is 11.8 Å². The van der Waals surface area contributed by atoms with Gasteiger partial charge < -0.3 is 5.32 Å². The standard InChI is InChI=1S/C10H17N3S2/c1-7(2)11-5-8(3)6-14-10-12-9(4)13-15-10/h7,11H,3,5-6H2,1-2,4H3. The van der Waals surface area contributed by atoms with Crippen molar-refractivity contribution in [1.82, 2.24) is 14.7 Å². The van der Waals surface area contributed by atoms with E-state index in [0.29, 0.717) is 6.04 Å². The van der Waals surface area contributed by atoms with Crippen LogP contribution in [0.1, 0.15) is 19.7 Å². The van der Waals surface area contributed by atoms with Crippen molar-refractivity contribution in [2.45, 2.75) is 31.2 Å². The van der Waals surface area contributed by atoms with Gasteiger partial charge in [-0.3, -0.25) is 0 Å². The molecule has 0 radical (unpaired) electrons. The second-order valence-electron chi connectivity index (χ2n) is 3.68. The van der Waals surface area contributed by atoms with E-state index in [0.717, 1.165) is 22.5 Å². The Bertz CT molecular complexity index is 320. The smallest absolute Gasteiger partial charge is 0.170 e. The van der Waals surface area contributed by atoms with Gasteiger partial charge in [-0.15, -0.1) is 0 Å². The first kappa shape index (κ1) is 12.7. The number of thioether (sulfide) groups is 1. The summed E-state index contributed by atoms with van der Waals surface area (Å²) in [6.07, 6.45) is 0. The Morgan fingerprint density at radius 3 is 2.87 bits per heavy atom. The van der Waals surface area contributed by atoms with E-state index in [1.165, 1.54) is 17.1 Å². The predicted octanol–water partition coefficient (Wildman–Crippen LogP) is 2.49. The zero-order chi connectivity index (χ0) is 11.3. The van der Waals surface area contributed by atoms with E-state index >= 15 is 0 Å². The molecular weight excluding hydrogens is 226 g/mol. The van der Waals surface area contributed by atoms with Crippen LogP contribution in [0.15, 0.2) is 16.5 Å². The minimum atomic E-state index is 0.510. The monoisotopic (exact) mass is 243 g/mol. The summed E-state index contributed by atoms with van der Waals surface area (Å²) in [7, 11) is 0. The van der Waals surface area contributed by atoms with Gasteiger partial charge >= 0.3 is 0 Å². The summed E-state index contributed by atoms with van der Waals surface area (Å²) in [4.78, 5) is 4.29. The van der Waals surface area contributed by atoms with Crippen LogP contribution in [0.5, 0.6) is 0 Å². The lowest BCUT2D eigenvalue weighted by atomic mass is 10.3. The van der Waals surface area contributed by atoms with Crippen molar-refractivity contribution in [2.24, 2.45) is 0 Å². The Hall–Kier alpha value is -0.390. The number of aromatic nitrogens is 2. The van der Waals surface area contributed by atoms with E-state index in [2.05, 4.69) is 35.1 Å². The molecule has 5 heteroatoms. The molecule has 1 N–H and O–H groups in total. The Balaban J connectivity index is 2.22. The molecule has 1 aromatic rings. The first-order valence-corrected chi connectivity index (χ1v) is 6.67. The fraction of sp³-hybridized carbons (Fsp3) is 0.600. The summed E-state index contributed by atoms with van der Waals surface area (Å²) in [5.41, 5.74) is 1.20. The molecule has 0 aliphatic carbocycles. The van der Waals surface area contributed by atoms with Crippen LogP contribution in [0.4, 0.5) is 0 Å². The number of hydrogen-bond donors (Lipinski definition) is 1. The minimum Gasteiger partial charge on any atom is -0.311 e. The fourth-order valence-corrected chi connectivity index (χ4v) is 2.45. The van der Waals surface area contributed by atoms with Crippen LogP contribution in [0, 0.1) is 6.92 Å². The maximum Gasteiger partial charge on any atom is 0.170 e. The highest BCUT2D eigenvalue weighted by Crippen LogP contribution is 2.21. The lowest BCUT2D eigenvalue weighted by Crippen LogP contribution is -2.25. The van der Waals surface area contributed by atoms with Crippen LogP contribution >= 0.6 is 23.3 Å². The lowest BCUT2D eigenvalue weighted by molar-refractivity contribution is 0.623. The van der Waals surface area contributed by atoms with Gasteiger partial charge in [0.1, 0.15) is 5.82 Å². The van der Waals surface area contributed by atoms with Gasteiger partial charge in [0.2, 0.25) is 0 Å². The second kappa shape index (κ2) is 6.25. The number of nitrogens with one attached hydrogen (secondary N) is 1. The number of nitrogens with zero attached hydrogens (tertiary/aromatic N) is 2. The quantitative estimate of drug-likeness (QED) is 0.615. The zero-order valence-electron chi connectivity index (χ0n) is 9.41. The predicted molar refractivity (Wildman–Crippen MR) is 67.6 cm³/mol. The molecule has 1 heterocycles. The molecule has 3 nitrogen and oxygen atoms in total. The minimum absolute atomic E-state index is 0.510. The Kier molecular flexibility index (Phi) is 5.28. The molecule has 0 fully saturated rings.